The fourth-order valence-corrected chi connectivity index (χ4v) is 8.68. The molecule has 49 heavy (non-hydrogen) atoms. The smallest absolute Gasteiger partial charge is 0.303 e. The van der Waals surface area contributed by atoms with Crippen molar-refractivity contribution >= 4 is 58.5 Å². The van der Waals surface area contributed by atoms with Crippen LogP contribution in [-0.2, 0) is 30.4 Å². The van der Waals surface area contributed by atoms with Gasteiger partial charge in [0.25, 0.3) is 11.8 Å². The number of alkyl halides is 2. The molecule has 2 N–H and O–H groups in total. The van der Waals surface area contributed by atoms with Gasteiger partial charge in [0.1, 0.15) is 11.4 Å². The van der Waals surface area contributed by atoms with Crippen LogP contribution in [0.4, 0.5) is 27.6 Å². The molecule has 0 spiro atoms. The monoisotopic (exact) mass is 726 g/mol. The van der Waals surface area contributed by atoms with E-state index in [1.807, 2.05) is 0 Å². The lowest BCUT2D eigenvalue weighted by molar-refractivity contribution is -0.142. The van der Waals surface area contributed by atoms with E-state index in [9.17, 15) is 42.3 Å². The normalized spacial score (nSPS) is 29.2. The zero-order chi connectivity index (χ0) is 35.9. The quantitative estimate of drug-likeness (QED) is 0.0950. The number of aliphatic carboxylic acids is 1. The first-order chi connectivity index (χ1) is 23.0. The van der Waals surface area contributed by atoms with Crippen LogP contribution in [0, 0.1) is 46.8 Å². The Morgan fingerprint density at radius 1 is 0.959 bits per heavy atom. The highest BCUT2D eigenvalue weighted by atomic mass is 35.5. The highest BCUT2D eigenvalue weighted by molar-refractivity contribution is 6.58. The van der Waals surface area contributed by atoms with Crippen molar-refractivity contribution in [1.29, 1.82) is 0 Å². The van der Waals surface area contributed by atoms with Gasteiger partial charge in [-0.1, -0.05) is 35.9 Å². The topological polar surface area (TPSA) is 132 Å². The highest BCUT2D eigenvalue weighted by Crippen LogP contribution is 2.66. The van der Waals surface area contributed by atoms with Crippen LogP contribution < -0.4 is 4.90 Å². The molecule has 16 heteroatoms. The first-order valence-electron chi connectivity index (χ1n) is 15.0. The van der Waals surface area contributed by atoms with Crippen molar-refractivity contribution in [2.24, 2.45) is 17.8 Å². The summed E-state index contributed by atoms with van der Waals surface area (Å²) in [5, 5.41) is 20.5. The van der Waals surface area contributed by atoms with E-state index in [-0.39, 0.29) is 53.8 Å². The first kappa shape index (κ1) is 34.6. The number of fused-ring (bicyclic) bond motifs is 4. The summed E-state index contributed by atoms with van der Waals surface area (Å²) in [6, 6.07) is 4.32. The number of para-hydroxylation sites is 1. The minimum Gasteiger partial charge on any atom is -0.507 e. The number of amides is 4. The van der Waals surface area contributed by atoms with Crippen LogP contribution in [0.2, 0.25) is 0 Å². The summed E-state index contributed by atoms with van der Waals surface area (Å²) in [6.07, 6.45) is 1.86. The van der Waals surface area contributed by atoms with Gasteiger partial charge >= 0.3 is 5.97 Å². The van der Waals surface area contributed by atoms with Crippen molar-refractivity contribution in [2.45, 2.75) is 47.8 Å². The number of likely N-dealkylation sites (tertiary alicyclic amines) is 1. The molecule has 3 fully saturated rings. The van der Waals surface area contributed by atoms with Crippen LogP contribution in [0.5, 0.6) is 5.75 Å². The number of imide groups is 2. The lowest BCUT2D eigenvalue weighted by atomic mass is 9.56. The largest absolute Gasteiger partial charge is 0.507 e. The number of hydrogen-bond acceptors (Lipinski definition) is 6. The van der Waals surface area contributed by atoms with Crippen LogP contribution in [0.25, 0.3) is 0 Å². The van der Waals surface area contributed by atoms with Crippen LogP contribution >= 0.6 is 23.2 Å². The van der Waals surface area contributed by atoms with Crippen LogP contribution in [0.15, 0.2) is 42.5 Å². The second kappa shape index (κ2) is 11.9. The summed E-state index contributed by atoms with van der Waals surface area (Å²) >= 11 is 14.2. The van der Waals surface area contributed by atoms with E-state index < -0.39 is 110 Å². The fourth-order valence-electron chi connectivity index (χ4n) is 7.75. The van der Waals surface area contributed by atoms with E-state index in [2.05, 4.69) is 6.58 Å². The zero-order valence-electron chi connectivity index (χ0n) is 25.1. The number of nitrogens with zero attached hydrogens (tertiary/aromatic N) is 2. The van der Waals surface area contributed by atoms with E-state index in [1.165, 1.54) is 30.4 Å². The number of aromatic hydroxyl groups is 1. The standard InChI is InChI=1S/C33H25Cl2F5N2O7/c1-2-5-13-6-3-7-16(27(13)45)20-14-9-10-15-19(29(47)41(28(15)46)11-4-8-18(43)44)17(14)12-32(34)30(48)42(31(49)33(20,32)35)26-24(39)22(37)21(36)23(38)25(26)40/h2-3,6-7,9,15,17,19-20,45H,1,4-5,8,10-12H2,(H,43,44)/t15-,17+,19-,20+,32+,33-/m0/s1. The predicted octanol–water partition coefficient (Wildman–Crippen LogP) is 5.24. The van der Waals surface area contributed by atoms with Gasteiger partial charge in [0.2, 0.25) is 17.6 Å². The van der Waals surface area contributed by atoms with Gasteiger partial charge in [-0.15, -0.1) is 29.8 Å². The van der Waals surface area contributed by atoms with Gasteiger partial charge < -0.3 is 10.2 Å². The van der Waals surface area contributed by atoms with E-state index in [1.54, 1.807) is 0 Å². The van der Waals surface area contributed by atoms with Crippen molar-refractivity contribution in [3.63, 3.8) is 0 Å². The number of carboxylic acids is 1. The third-order valence-corrected chi connectivity index (χ3v) is 11.3. The minimum absolute atomic E-state index is 0.0576. The summed E-state index contributed by atoms with van der Waals surface area (Å²) < 4.78 is 73.1. The second-order valence-electron chi connectivity index (χ2n) is 12.4. The zero-order valence-corrected chi connectivity index (χ0v) is 26.6. The van der Waals surface area contributed by atoms with Gasteiger partial charge in [0.15, 0.2) is 33.0 Å². The minimum atomic E-state index is -2.78. The molecule has 6 atom stereocenters. The lowest BCUT2D eigenvalue weighted by Crippen LogP contribution is -2.60. The summed E-state index contributed by atoms with van der Waals surface area (Å²) in [5.41, 5.74) is -1.57. The summed E-state index contributed by atoms with van der Waals surface area (Å²) in [6.45, 7) is 3.40. The number of carboxylic acid groups (broad SMARTS) is 1. The number of phenols is 1. The Labute approximate surface area is 284 Å². The third-order valence-electron chi connectivity index (χ3n) is 9.91. The van der Waals surface area contributed by atoms with Crippen molar-refractivity contribution in [3.8, 4) is 5.75 Å². The van der Waals surface area contributed by atoms with Crippen molar-refractivity contribution in [1.82, 2.24) is 4.90 Å². The Morgan fingerprint density at radius 2 is 1.59 bits per heavy atom. The molecule has 1 saturated carbocycles. The number of anilines is 1. The number of hydrogen-bond donors (Lipinski definition) is 2. The maximum Gasteiger partial charge on any atom is 0.303 e. The SMILES string of the molecule is C=CCc1cccc([C@H]2C3=CC[C@@H]4C(=O)N(CCCC(=O)O)C(=O)[C@@H]4[C@@H]3C[C@@]3(Cl)C(=O)N(c4c(F)c(F)c(F)c(F)c4F)C(=O)[C@@]23Cl)c1O. The van der Waals surface area contributed by atoms with Crippen molar-refractivity contribution < 1.29 is 56.1 Å². The van der Waals surface area contributed by atoms with Crippen LogP contribution in [0.3, 0.4) is 0 Å². The Kier molecular flexibility index (Phi) is 8.42. The number of halogens is 7. The molecule has 2 heterocycles. The maximum atomic E-state index is 15.2. The number of carbonyl (C=O) groups excluding carboxylic acids is 4. The Morgan fingerprint density at radius 3 is 2.20 bits per heavy atom. The fraction of sp³-hybridized carbons (Fsp3) is 0.364. The number of benzene rings is 2. The second-order valence-corrected chi connectivity index (χ2v) is 13.6. The molecule has 2 aromatic carbocycles. The number of rotatable bonds is 8. The molecule has 2 aromatic rings. The molecule has 0 radical (unpaired) electrons. The number of carbonyl (C=O) groups is 5. The van der Waals surface area contributed by atoms with Gasteiger partial charge in [-0.3, -0.25) is 28.9 Å². The average molecular weight is 727 g/mol. The summed E-state index contributed by atoms with van der Waals surface area (Å²) in [4.78, 5) is 62.0. The van der Waals surface area contributed by atoms with Gasteiger partial charge in [0.05, 0.1) is 11.8 Å². The molecule has 0 bridgehead atoms. The van der Waals surface area contributed by atoms with Gasteiger partial charge in [-0.25, -0.2) is 26.9 Å². The van der Waals surface area contributed by atoms with E-state index in [4.69, 9.17) is 28.3 Å². The maximum absolute atomic E-state index is 15.2. The molecule has 0 unspecified atom stereocenters. The molecule has 4 aliphatic rings. The van der Waals surface area contributed by atoms with E-state index >= 15 is 8.78 Å². The molecule has 4 amide bonds. The molecular formula is C33H25Cl2F5N2O7. The molecule has 2 aliphatic carbocycles. The molecule has 6 rings (SSSR count). The first-order valence-corrected chi connectivity index (χ1v) is 15.8. The average Bonchev–Trinajstić information content (AvgIpc) is 3.38. The Bertz CT molecular complexity index is 1890. The third kappa shape index (κ3) is 4.66. The summed E-state index contributed by atoms with van der Waals surface area (Å²) in [7, 11) is 0. The van der Waals surface area contributed by atoms with E-state index in [0.717, 1.165) is 4.90 Å². The van der Waals surface area contributed by atoms with Crippen LogP contribution in [0.1, 0.15) is 42.7 Å². The van der Waals surface area contributed by atoms with Gasteiger partial charge in [0, 0.05) is 24.4 Å². The Hall–Kier alpha value is -4.30. The van der Waals surface area contributed by atoms with Crippen molar-refractivity contribution in [3.05, 3.63) is 82.7 Å². The predicted molar refractivity (Wildman–Crippen MR) is 162 cm³/mol. The van der Waals surface area contributed by atoms with Gasteiger partial charge in [-0.2, -0.15) is 0 Å². The van der Waals surface area contributed by atoms with Crippen molar-refractivity contribution in [2.75, 3.05) is 11.4 Å². The van der Waals surface area contributed by atoms with Gasteiger partial charge in [-0.05, 0) is 37.2 Å². The Balaban J connectivity index is 1.56. The van der Waals surface area contributed by atoms with Crippen LogP contribution in [-0.4, -0.2) is 61.0 Å². The molecule has 258 valence electrons. The highest BCUT2D eigenvalue weighted by Gasteiger charge is 2.77. The van der Waals surface area contributed by atoms with E-state index in [0.29, 0.717) is 0 Å². The molecular weight excluding hydrogens is 702 g/mol. The molecule has 9 nitrogen and oxygen atoms in total. The number of phenolic OH excluding ortho intramolecular Hbond substituents is 1. The summed E-state index contributed by atoms with van der Waals surface area (Å²) in [5.74, 6) is -23.7. The molecule has 2 aliphatic heterocycles. The molecule has 0 aromatic heterocycles. The molecule has 2 saturated heterocycles. The lowest BCUT2D eigenvalue weighted by Gasteiger charge is -2.50. The number of allylic oxidation sites excluding steroid dienone is 3.